The van der Waals surface area contributed by atoms with Crippen molar-refractivity contribution in [1.82, 2.24) is 20.3 Å². The van der Waals surface area contributed by atoms with Crippen LogP contribution in [0.4, 0.5) is 0 Å². The van der Waals surface area contributed by atoms with Gasteiger partial charge in [0.2, 0.25) is 0 Å². The van der Waals surface area contributed by atoms with Crippen LogP contribution < -0.4 is 10.9 Å². The van der Waals surface area contributed by atoms with Crippen LogP contribution in [0.3, 0.4) is 0 Å². The lowest BCUT2D eigenvalue weighted by molar-refractivity contribution is 0.855. The predicted octanol–water partition coefficient (Wildman–Crippen LogP) is 7.01. The van der Waals surface area contributed by atoms with Gasteiger partial charge in [0.1, 0.15) is 0 Å². The van der Waals surface area contributed by atoms with Crippen LogP contribution in [-0.2, 0) is 6.54 Å². The van der Waals surface area contributed by atoms with Crippen LogP contribution >= 0.6 is 0 Å². The summed E-state index contributed by atoms with van der Waals surface area (Å²) in [5, 5.41) is 4.41. The highest BCUT2D eigenvalue weighted by molar-refractivity contribution is 6.04. The first-order valence-electron chi connectivity index (χ1n) is 12.5. The number of hydrogen-bond donors (Lipinski definition) is 3. The minimum atomic E-state index is -0.136. The number of benzene rings is 3. The van der Waals surface area contributed by atoms with Crippen molar-refractivity contribution in [1.29, 1.82) is 0 Å². The van der Waals surface area contributed by atoms with Crippen molar-refractivity contribution in [2.75, 3.05) is 0 Å². The topological polar surface area (TPSA) is 73.6 Å². The summed E-state index contributed by atoms with van der Waals surface area (Å²) in [7, 11) is 0. The fourth-order valence-corrected chi connectivity index (χ4v) is 4.76. The molecule has 0 atom stereocenters. The van der Waals surface area contributed by atoms with Gasteiger partial charge in [-0.2, -0.15) is 0 Å². The van der Waals surface area contributed by atoms with Crippen molar-refractivity contribution < 1.29 is 0 Å². The summed E-state index contributed by atoms with van der Waals surface area (Å²) in [6, 6.07) is 34.5. The zero-order valence-electron chi connectivity index (χ0n) is 20.7. The maximum absolute atomic E-state index is 12.8. The second-order valence-electron chi connectivity index (χ2n) is 9.14. The molecule has 3 heterocycles. The lowest BCUT2D eigenvalue weighted by Gasteiger charge is -2.11. The lowest BCUT2D eigenvalue weighted by Crippen LogP contribution is -2.11. The normalized spacial score (nSPS) is 10.9. The number of pyridine rings is 2. The minimum absolute atomic E-state index is 0.136. The maximum atomic E-state index is 12.8. The van der Waals surface area contributed by atoms with Crippen LogP contribution in [0.5, 0.6) is 0 Å². The van der Waals surface area contributed by atoms with E-state index in [0.29, 0.717) is 12.1 Å². The molecular formula is C33H26N4O. The first-order valence-corrected chi connectivity index (χ1v) is 12.5. The highest BCUT2D eigenvalue weighted by atomic mass is 16.1. The molecule has 38 heavy (non-hydrogen) atoms. The zero-order chi connectivity index (χ0) is 25.9. The molecule has 0 aliphatic heterocycles. The summed E-state index contributed by atoms with van der Waals surface area (Å²) < 4.78 is 0. The number of aromatic amines is 2. The van der Waals surface area contributed by atoms with Crippen molar-refractivity contribution in [3.8, 4) is 33.5 Å². The fourth-order valence-electron chi connectivity index (χ4n) is 4.76. The van der Waals surface area contributed by atoms with Crippen LogP contribution in [0, 0.1) is 0 Å². The van der Waals surface area contributed by atoms with Crippen LogP contribution in [0.25, 0.3) is 50.1 Å². The molecule has 0 radical (unpaired) electrons. The highest BCUT2D eigenvalue weighted by Gasteiger charge is 2.18. The van der Waals surface area contributed by atoms with E-state index in [1.54, 1.807) is 12.4 Å². The van der Waals surface area contributed by atoms with E-state index in [0.717, 1.165) is 55.8 Å². The van der Waals surface area contributed by atoms with Crippen LogP contribution in [0.1, 0.15) is 11.3 Å². The molecule has 0 amide bonds. The van der Waals surface area contributed by atoms with Crippen molar-refractivity contribution >= 4 is 16.6 Å². The number of H-pyrrole nitrogens is 2. The van der Waals surface area contributed by atoms with E-state index < -0.39 is 0 Å². The van der Waals surface area contributed by atoms with Crippen LogP contribution in [0.2, 0.25) is 0 Å². The van der Waals surface area contributed by atoms with Crippen molar-refractivity contribution in [3.63, 3.8) is 0 Å². The molecule has 0 fully saturated rings. The highest BCUT2D eigenvalue weighted by Crippen LogP contribution is 2.39. The summed E-state index contributed by atoms with van der Waals surface area (Å²) in [5.41, 5.74) is 9.24. The Morgan fingerprint density at radius 1 is 0.816 bits per heavy atom. The minimum Gasteiger partial charge on any atom is -0.379 e. The van der Waals surface area contributed by atoms with E-state index in [1.165, 1.54) is 0 Å². The second-order valence-corrected chi connectivity index (χ2v) is 9.14. The Balaban J connectivity index is 1.44. The molecule has 0 unspecified atom stereocenters. The summed E-state index contributed by atoms with van der Waals surface area (Å²) in [4.78, 5) is 23.5. The fraction of sp³-hybridized carbons (Fsp3) is 0.0303. The van der Waals surface area contributed by atoms with Gasteiger partial charge in [0.25, 0.3) is 5.56 Å². The van der Waals surface area contributed by atoms with Gasteiger partial charge in [0.05, 0.1) is 23.5 Å². The average molecular weight is 495 g/mol. The zero-order valence-corrected chi connectivity index (χ0v) is 20.7. The molecule has 3 aromatic heterocycles. The molecule has 3 N–H and O–H groups in total. The Labute approximate surface area is 220 Å². The number of nitrogens with one attached hydrogen (secondary N) is 3. The van der Waals surface area contributed by atoms with Crippen molar-refractivity contribution in [2.45, 2.75) is 6.54 Å². The molecule has 3 aromatic carbocycles. The van der Waals surface area contributed by atoms with E-state index in [9.17, 15) is 4.79 Å². The molecule has 0 saturated heterocycles. The lowest BCUT2D eigenvalue weighted by atomic mass is 9.95. The Morgan fingerprint density at radius 2 is 1.58 bits per heavy atom. The molecular weight excluding hydrogens is 468 g/mol. The van der Waals surface area contributed by atoms with Gasteiger partial charge in [-0.15, -0.1) is 0 Å². The molecule has 5 heteroatoms. The van der Waals surface area contributed by atoms with Crippen LogP contribution in [-0.4, -0.2) is 15.0 Å². The Bertz CT molecular complexity index is 1780. The smallest absolute Gasteiger partial charge is 0.257 e. The third kappa shape index (κ3) is 4.53. The van der Waals surface area contributed by atoms with Crippen molar-refractivity contribution in [2.24, 2.45) is 0 Å². The van der Waals surface area contributed by atoms with Gasteiger partial charge in [-0.1, -0.05) is 73.3 Å². The van der Waals surface area contributed by atoms with E-state index in [4.69, 9.17) is 0 Å². The monoisotopic (exact) mass is 494 g/mol. The second kappa shape index (κ2) is 10.1. The maximum Gasteiger partial charge on any atom is 0.257 e. The molecule has 0 saturated carbocycles. The molecule has 6 rings (SSSR count). The van der Waals surface area contributed by atoms with Gasteiger partial charge in [-0.05, 0) is 58.7 Å². The number of aromatic nitrogens is 3. The van der Waals surface area contributed by atoms with E-state index >= 15 is 0 Å². The van der Waals surface area contributed by atoms with Gasteiger partial charge in [0, 0.05) is 34.6 Å². The Kier molecular flexibility index (Phi) is 6.16. The SMILES string of the molecule is C=C(NCc1ccccn1)c1ccc2[nH]c(-c3ccc[nH]c3=O)c(-c3ccc(-c4ccccc4)cc3)c2c1. The molecule has 6 aromatic rings. The Morgan fingerprint density at radius 3 is 2.34 bits per heavy atom. The summed E-state index contributed by atoms with van der Waals surface area (Å²) in [6.07, 6.45) is 3.44. The molecule has 5 nitrogen and oxygen atoms in total. The van der Waals surface area contributed by atoms with Crippen molar-refractivity contribution in [3.05, 3.63) is 144 Å². The third-order valence-corrected chi connectivity index (χ3v) is 6.72. The van der Waals surface area contributed by atoms with E-state index in [1.807, 2.05) is 60.7 Å². The Hall–Kier alpha value is -5.16. The standard InChI is InChI=1S/C33H26N4O/c1-22(36-21-27-10-5-6-18-34-27)26-16-17-30-29(20-26)31(32(37-30)28-11-7-19-35-33(28)38)25-14-12-24(13-15-25)23-8-3-2-4-9-23/h2-20,36-37H,1,21H2,(H,35,38). The molecule has 184 valence electrons. The summed E-state index contributed by atoms with van der Waals surface area (Å²) in [6.45, 7) is 4.86. The molecule has 0 spiro atoms. The average Bonchev–Trinajstić information content (AvgIpc) is 3.36. The van der Waals surface area contributed by atoms with E-state index in [-0.39, 0.29) is 5.56 Å². The van der Waals surface area contributed by atoms with Crippen LogP contribution in [0.15, 0.2) is 127 Å². The molecule has 0 aliphatic carbocycles. The third-order valence-electron chi connectivity index (χ3n) is 6.72. The summed E-state index contributed by atoms with van der Waals surface area (Å²) >= 11 is 0. The van der Waals surface area contributed by atoms with Gasteiger partial charge >= 0.3 is 0 Å². The largest absolute Gasteiger partial charge is 0.379 e. The van der Waals surface area contributed by atoms with Gasteiger partial charge in [-0.25, -0.2) is 0 Å². The quantitative estimate of drug-likeness (QED) is 0.223. The molecule has 0 bridgehead atoms. The number of rotatable bonds is 7. The predicted molar refractivity (Wildman–Crippen MR) is 155 cm³/mol. The number of hydrogen-bond acceptors (Lipinski definition) is 3. The first-order chi connectivity index (χ1) is 18.7. The van der Waals surface area contributed by atoms with E-state index in [2.05, 4.69) is 69.3 Å². The van der Waals surface area contributed by atoms with Gasteiger partial charge in [0.15, 0.2) is 0 Å². The van der Waals surface area contributed by atoms with Gasteiger partial charge in [-0.3, -0.25) is 9.78 Å². The number of nitrogens with zero attached hydrogens (tertiary/aromatic N) is 1. The molecule has 0 aliphatic rings. The first kappa shape index (κ1) is 23.3. The number of fused-ring (bicyclic) bond motifs is 1. The summed E-state index contributed by atoms with van der Waals surface area (Å²) in [5.74, 6) is 0. The van der Waals surface area contributed by atoms with Gasteiger partial charge < -0.3 is 15.3 Å².